The monoisotopic (exact) mass is 254 g/mol. The average molecular weight is 255 g/mol. The van der Waals surface area contributed by atoms with E-state index in [1.807, 2.05) is 0 Å². The van der Waals surface area contributed by atoms with Crippen LogP contribution in [0.5, 0.6) is 5.75 Å². The van der Waals surface area contributed by atoms with Gasteiger partial charge in [0.2, 0.25) is 0 Å². The van der Waals surface area contributed by atoms with E-state index in [9.17, 15) is 13.2 Å². The maximum Gasteiger partial charge on any atom is 0.261 e. The molecule has 0 unspecified atom stereocenters. The van der Waals surface area contributed by atoms with Gasteiger partial charge in [-0.25, -0.2) is 8.42 Å². The third-order valence-electron chi connectivity index (χ3n) is 1.46. The topological polar surface area (TPSA) is 71.4 Å². The number of halogens is 2. The Balaban J connectivity index is 3.42. The van der Waals surface area contributed by atoms with E-state index < -0.39 is 20.0 Å². The molecule has 14 heavy (non-hydrogen) atoms. The Morgan fingerprint density at radius 2 is 1.93 bits per heavy atom. The van der Waals surface area contributed by atoms with Gasteiger partial charge in [-0.15, -0.1) is 0 Å². The Labute approximate surface area is 89.5 Å². The molecule has 76 valence electrons. The van der Waals surface area contributed by atoms with Crippen LogP contribution in [0.15, 0.2) is 23.1 Å². The van der Waals surface area contributed by atoms with Crippen LogP contribution in [-0.2, 0) is 9.05 Å². The smallest absolute Gasteiger partial charge is 0.261 e. The van der Waals surface area contributed by atoms with Crippen molar-refractivity contribution in [1.29, 1.82) is 0 Å². The van der Waals surface area contributed by atoms with Crippen molar-refractivity contribution in [1.82, 2.24) is 0 Å². The first kappa shape index (κ1) is 11.3. The lowest BCUT2D eigenvalue weighted by Gasteiger charge is -2.00. The largest absolute Gasteiger partial charge is 0.507 e. The van der Waals surface area contributed by atoms with Crippen LogP contribution in [0.3, 0.4) is 0 Å². The van der Waals surface area contributed by atoms with Gasteiger partial charge in [0.15, 0.2) is 0 Å². The number of phenols is 1. The van der Waals surface area contributed by atoms with Crippen LogP contribution in [0.2, 0.25) is 0 Å². The van der Waals surface area contributed by atoms with Crippen molar-refractivity contribution in [3.05, 3.63) is 23.8 Å². The van der Waals surface area contributed by atoms with Gasteiger partial charge in [0.1, 0.15) is 5.75 Å². The zero-order chi connectivity index (χ0) is 10.9. The van der Waals surface area contributed by atoms with Gasteiger partial charge in [-0.05, 0) is 29.8 Å². The Kier molecular flexibility index (Phi) is 3.04. The molecular weight excluding hydrogens is 251 g/mol. The Hall–Kier alpha value is -0.780. The molecule has 1 aromatic rings. The van der Waals surface area contributed by atoms with Crippen molar-refractivity contribution in [2.45, 2.75) is 4.90 Å². The summed E-state index contributed by atoms with van der Waals surface area (Å²) in [5, 5.41) is 8.17. The van der Waals surface area contributed by atoms with Crippen LogP contribution < -0.4 is 0 Å². The maximum atomic E-state index is 10.8. The summed E-state index contributed by atoms with van der Waals surface area (Å²) in [7, 11) is 1.10. The van der Waals surface area contributed by atoms with Crippen LogP contribution in [0.1, 0.15) is 10.4 Å². The molecule has 0 radical (unpaired) electrons. The molecule has 0 fully saturated rings. The number of rotatable bonds is 2. The zero-order valence-electron chi connectivity index (χ0n) is 6.57. The highest BCUT2D eigenvalue weighted by molar-refractivity contribution is 8.13. The summed E-state index contributed by atoms with van der Waals surface area (Å²) >= 11 is 5.09. The fourth-order valence-electron chi connectivity index (χ4n) is 0.824. The van der Waals surface area contributed by atoms with E-state index in [2.05, 4.69) is 0 Å². The minimum Gasteiger partial charge on any atom is -0.507 e. The van der Waals surface area contributed by atoms with Crippen LogP contribution in [0.25, 0.3) is 0 Å². The molecule has 0 amide bonds. The lowest BCUT2D eigenvalue weighted by molar-refractivity contribution is 0.107. The second-order valence-electron chi connectivity index (χ2n) is 2.39. The molecule has 0 atom stereocenters. The summed E-state index contributed by atoms with van der Waals surface area (Å²) in [4.78, 5) is 10.4. The highest BCUT2D eigenvalue weighted by Gasteiger charge is 2.15. The number of benzene rings is 1. The predicted octanol–water partition coefficient (Wildman–Crippen LogP) is 1.70. The molecule has 1 N–H and O–H groups in total. The van der Waals surface area contributed by atoms with E-state index in [0.717, 1.165) is 18.2 Å². The molecule has 1 rings (SSSR count). The SMILES string of the molecule is O=C(Cl)c1cc(S(=O)(=O)Cl)ccc1O. The standard InChI is InChI=1S/C7H4Cl2O4S/c8-7(11)5-3-4(14(9,12)13)1-2-6(5)10/h1-3,10H. The summed E-state index contributed by atoms with van der Waals surface area (Å²) in [5.41, 5.74) is -0.298. The Morgan fingerprint density at radius 3 is 2.36 bits per heavy atom. The van der Waals surface area contributed by atoms with Gasteiger partial charge in [0.25, 0.3) is 14.3 Å². The minimum absolute atomic E-state index is 0.291. The first-order valence-corrected chi connectivity index (χ1v) is 5.98. The van der Waals surface area contributed by atoms with Gasteiger partial charge < -0.3 is 5.11 Å². The molecule has 0 spiro atoms. The first-order chi connectivity index (χ1) is 6.32. The van der Waals surface area contributed by atoms with Crippen molar-refractivity contribution in [2.24, 2.45) is 0 Å². The second-order valence-corrected chi connectivity index (χ2v) is 5.30. The molecule has 4 nitrogen and oxygen atoms in total. The number of hydrogen-bond acceptors (Lipinski definition) is 4. The lowest BCUT2D eigenvalue weighted by atomic mass is 10.2. The average Bonchev–Trinajstić information content (AvgIpc) is 2.02. The minimum atomic E-state index is -3.93. The first-order valence-electron chi connectivity index (χ1n) is 3.30. The van der Waals surface area contributed by atoms with Gasteiger partial charge in [0, 0.05) is 10.7 Å². The Morgan fingerprint density at radius 1 is 1.36 bits per heavy atom. The van der Waals surface area contributed by atoms with Crippen LogP contribution in [0, 0.1) is 0 Å². The normalized spacial score (nSPS) is 11.3. The van der Waals surface area contributed by atoms with Gasteiger partial charge in [-0.2, -0.15) is 0 Å². The summed E-state index contributed by atoms with van der Waals surface area (Å²) < 4.78 is 21.7. The van der Waals surface area contributed by atoms with E-state index in [1.165, 1.54) is 0 Å². The van der Waals surface area contributed by atoms with Crippen molar-refractivity contribution in [2.75, 3.05) is 0 Å². The molecular formula is C7H4Cl2O4S. The summed E-state index contributed by atoms with van der Waals surface area (Å²) in [6, 6.07) is 3.01. The molecule has 0 aromatic heterocycles. The van der Waals surface area contributed by atoms with Gasteiger partial charge in [0.05, 0.1) is 10.5 Å². The van der Waals surface area contributed by atoms with Crippen molar-refractivity contribution in [3.63, 3.8) is 0 Å². The van der Waals surface area contributed by atoms with Crippen LogP contribution >= 0.6 is 22.3 Å². The number of carbonyl (C=O) groups is 1. The maximum absolute atomic E-state index is 10.8. The molecule has 0 aliphatic carbocycles. The molecule has 0 saturated carbocycles. The van der Waals surface area contributed by atoms with E-state index in [0.29, 0.717) is 0 Å². The van der Waals surface area contributed by atoms with Gasteiger partial charge in [-0.3, -0.25) is 4.79 Å². The second kappa shape index (κ2) is 3.76. The summed E-state index contributed by atoms with van der Waals surface area (Å²) in [6.45, 7) is 0. The third kappa shape index (κ3) is 2.37. The zero-order valence-corrected chi connectivity index (χ0v) is 8.90. The molecule has 0 aliphatic rings. The molecule has 0 heterocycles. The van der Waals surface area contributed by atoms with Crippen molar-refractivity contribution < 1.29 is 18.3 Å². The Bertz CT molecular complexity index is 480. The molecule has 7 heteroatoms. The summed E-state index contributed by atoms with van der Waals surface area (Å²) in [5.74, 6) is -0.394. The van der Waals surface area contributed by atoms with E-state index in [-0.39, 0.29) is 10.5 Å². The van der Waals surface area contributed by atoms with Crippen LogP contribution in [-0.4, -0.2) is 18.8 Å². The number of carbonyl (C=O) groups excluding carboxylic acids is 1. The number of aromatic hydroxyl groups is 1. The highest BCUT2D eigenvalue weighted by atomic mass is 35.7. The van der Waals surface area contributed by atoms with E-state index in [1.54, 1.807) is 0 Å². The molecule has 0 aliphatic heterocycles. The quantitative estimate of drug-likeness (QED) is 0.816. The summed E-state index contributed by atoms with van der Waals surface area (Å²) in [6.07, 6.45) is 0. The number of phenolic OH excluding ortho intramolecular Hbond substituents is 1. The highest BCUT2D eigenvalue weighted by Crippen LogP contribution is 2.24. The van der Waals surface area contributed by atoms with Gasteiger partial charge in [-0.1, -0.05) is 0 Å². The van der Waals surface area contributed by atoms with Gasteiger partial charge >= 0.3 is 0 Å². The fourth-order valence-corrected chi connectivity index (χ4v) is 1.75. The van der Waals surface area contributed by atoms with E-state index >= 15 is 0 Å². The molecule has 0 saturated heterocycles. The van der Waals surface area contributed by atoms with Crippen LogP contribution in [0.4, 0.5) is 0 Å². The van der Waals surface area contributed by atoms with E-state index in [4.69, 9.17) is 27.4 Å². The molecule has 0 bridgehead atoms. The number of hydrogen-bond donors (Lipinski definition) is 1. The molecule has 1 aromatic carbocycles. The lowest BCUT2D eigenvalue weighted by Crippen LogP contribution is -1.95. The fraction of sp³-hybridized carbons (Fsp3) is 0. The van der Waals surface area contributed by atoms with Crippen molar-refractivity contribution in [3.8, 4) is 5.75 Å². The third-order valence-corrected chi connectivity index (χ3v) is 3.02. The van der Waals surface area contributed by atoms with Crippen molar-refractivity contribution >= 4 is 36.6 Å². The predicted molar refractivity (Wildman–Crippen MR) is 51.3 cm³/mol.